The number of rotatable bonds is 6. The van der Waals surface area contributed by atoms with Crippen LogP contribution in [-0.2, 0) is 0 Å². The Morgan fingerprint density at radius 2 is 1.24 bits per heavy atom. The summed E-state index contributed by atoms with van der Waals surface area (Å²) < 4.78 is 0. The van der Waals surface area contributed by atoms with E-state index >= 15 is 0 Å². The Kier molecular flexibility index (Phi) is 7.97. The molecule has 2 aliphatic heterocycles. The van der Waals surface area contributed by atoms with E-state index in [4.69, 9.17) is 5.73 Å². The number of benzene rings is 3. The molecule has 0 fully saturated rings. The minimum Gasteiger partial charge on any atom is -0.398 e. The number of aliphatic imine (C=N–C) groups is 2. The number of anilines is 3. The Morgan fingerprint density at radius 1 is 0.763 bits per heavy atom. The molecule has 38 heavy (non-hydrogen) atoms. The van der Waals surface area contributed by atoms with Crippen LogP contribution in [0.2, 0.25) is 0 Å². The summed E-state index contributed by atoms with van der Waals surface area (Å²) in [6.45, 7) is 5.66. The summed E-state index contributed by atoms with van der Waals surface area (Å²) in [6, 6.07) is 20.2. The monoisotopic (exact) mass is 531 g/mol. The number of hydrogen-bond donors (Lipinski definition) is 5. The quantitative estimate of drug-likeness (QED) is 0.309. The first kappa shape index (κ1) is 26.7. The van der Waals surface area contributed by atoms with Gasteiger partial charge in [-0.15, -0.1) is 12.4 Å². The fourth-order valence-corrected chi connectivity index (χ4v) is 4.19. The minimum absolute atomic E-state index is 0. The molecular weight excluding hydrogens is 502 g/mol. The second kappa shape index (κ2) is 11.4. The Morgan fingerprint density at radius 3 is 1.66 bits per heavy atom. The van der Waals surface area contributed by atoms with E-state index in [1.54, 1.807) is 12.1 Å². The molecule has 3 aromatic rings. The smallest absolute Gasteiger partial charge is 0.257 e. The zero-order valence-corrected chi connectivity index (χ0v) is 21.9. The highest BCUT2D eigenvalue weighted by Gasteiger charge is 2.17. The van der Waals surface area contributed by atoms with Gasteiger partial charge in [-0.1, -0.05) is 0 Å². The van der Waals surface area contributed by atoms with E-state index < -0.39 is 0 Å². The highest BCUT2D eigenvalue weighted by Crippen LogP contribution is 2.20. The summed E-state index contributed by atoms with van der Waals surface area (Å²) in [5.74, 6) is 1.05. The first-order chi connectivity index (χ1) is 17.9. The fourth-order valence-electron chi connectivity index (χ4n) is 4.19. The standard InChI is InChI=1S/C28H29N7O2.ClH/c1-16-14-30-25(32-16)18-3-8-21(9-4-18)34-27(36)20-7-12-23(24(29)13-20)28(37)35-22-10-5-19(6-11-22)26-31-15-17(2)33-26;/h3-13,16-17H,14-15,29H2,1-2H3,(H,30,32)(H,31,33)(H,34,36)(H,35,37);1H. The van der Waals surface area contributed by atoms with Gasteiger partial charge in [-0.25, -0.2) is 0 Å². The third-order valence-corrected chi connectivity index (χ3v) is 6.20. The molecule has 2 atom stereocenters. The molecule has 0 aliphatic carbocycles. The second-order valence-electron chi connectivity index (χ2n) is 9.33. The molecule has 0 saturated carbocycles. The molecule has 0 radical (unpaired) electrons. The van der Waals surface area contributed by atoms with Gasteiger partial charge in [0.25, 0.3) is 11.8 Å². The second-order valence-corrected chi connectivity index (χ2v) is 9.33. The van der Waals surface area contributed by atoms with E-state index in [1.807, 2.05) is 48.5 Å². The molecule has 6 N–H and O–H groups in total. The number of hydrogen-bond acceptors (Lipinski definition) is 7. The van der Waals surface area contributed by atoms with E-state index in [-0.39, 0.29) is 29.9 Å². The van der Waals surface area contributed by atoms with Gasteiger partial charge in [0, 0.05) is 45.8 Å². The van der Waals surface area contributed by atoms with Crippen molar-refractivity contribution in [3.8, 4) is 0 Å². The molecular formula is C28H30ClN7O2. The highest BCUT2D eigenvalue weighted by atomic mass is 35.5. The number of nitrogens with one attached hydrogen (secondary N) is 4. The van der Waals surface area contributed by atoms with Crippen LogP contribution in [-0.4, -0.2) is 48.7 Å². The van der Waals surface area contributed by atoms with Crippen molar-refractivity contribution in [1.29, 1.82) is 0 Å². The number of nitrogen functional groups attached to an aromatic ring is 1. The van der Waals surface area contributed by atoms with Gasteiger partial charge >= 0.3 is 0 Å². The van der Waals surface area contributed by atoms with Crippen molar-refractivity contribution in [3.05, 3.63) is 89.0 Å². The Bertz CT molecular complexity index is 1400. The van der Waals surface area contributed by atoms with E-state index in [1.165, 1.54) is 6.07 Å². The molecule has 10 heteroatoms. The lowest BCUT2D eigenvalue weighted by Gasteiger charge is -2.11. The van der Waals surface area contributed by atoms with Crippen LogP contribution in [0.1, 0.15) is 45.7 Å². The SMILES string of the molecule is CC1CN=C(c2ccc(NC(=O)c3ccc(C(=O)Nc4ccc(C5=NCC(C)N5)cc4)c(N)c3)cc2)N1.Cl. The summed E-state index contributed by atoms with van der Waals surface area (Å²) in [4.78, 5) is 34.5. The summed E-state index contributed by atoms with van der Waals surface area (Å²) in [5, 5.41) is 12.3. The van der Waals surface area contributed by atoms with Gasteiger partial charge in [0.05, 0.1) is 18.7 Å². The van der Waals surface area contributed by atoms with Gasteiger partial charge in [0.2, 0.25) is 0 Å². The average Bonchev–Trinajstić information content (AvgIpc) is 3.53. The van der Waals surface area contributed by atoms with E-state index in [9.17, 15) is 9.59 Å². The average molecular weight is 532 g/mol. The molecule has 0 saturated heterocycles. The number of amides is 2. The lowest BCUT2D eigenvalue weighted by Crippen LogP contribution is -2.27. The van der Waals surface area contributed by atoms with Crippen LogP contribution in [0, 0.1) is 0 Å². The van der Waals surface area contributed by atoms with E-state index in [0.29, 0.717) is 34.6 Å². The number of carbonyl (C=O) groups excluding carboxylic acids is 2. The van der Waals surface area contributed by atoms with Gasteiger partial charge < -0.3 is 27.0 Å². The lowest BCUT2D eigenvalue weighted by atomic mass is 10.1. The first-order valence-corrected chi connectivity index (χ1v) is 12.2. The topological polar surface area (TPSA) is 133 Å². The maximum atomic E-state index is 12.8. The number of carbonyl (C=O) groups is 2. The number of nitrogens with two attached hydrogens (primary N) is 1. The number of nitrogens with zero attached hydrogens (tertiary/aromatic N) is 2. The highest BCUT2D eigenvalue weighted by molar-refractivity contribution is 6.10. The third-order valence-electron chi connectivity index (χ3n) is 6.20. The van der Waals surface area contributed by atoms with Crippen LogP contribution in [0.5, 0.6) is 0 Å². The van der Waals surface area contributed by atoms with Crippen LogP contribution in [0.4, 0.5) is 17.1 Å². The van der Waals surface area contributed by atoms with Crippen LogP contribution in [0.3, 0.4) is 0 Å². The Hall–Kier alpha value is -4.37. The summed E-state index contributed by atoms with van der Waals surface area (Å²) in [6.07, 6.45) is 0. The van der Waals surface area contributed by atoms with Crippen molar-refractivity contribution in [2.45, 2.75) is 25.9 Å². The Labute approximate surface area is 227 Å². The largest absolute Gasteiger partial charge is 0.398 e. The van der Waals surface area contributed by atoms with Crippen LogP contribution < -0.4 is 27.0 Å². The molecule has 0 spiro atoms. The van der Waals surface area contributed by atoms with Crippen molar-refractivity contribution < 1.29 is 9.59 Å². The molecule has 9 nitrogen and oxygen atoms in total. The molecule has 0 bridgehead atoms. The van der Waals surface area contributed by atoms with Crippen molar-refractivity contribution in [3.63, 3.8) is 0 Å². The maximum Gasteiger partial charge on any atom is 0.257 e. The Balaban J connectivity index is 0.00000336. The predicted molar refractivity (Wildman–Crippen MR) is 155 cm³/mol. The first-order valence-electron chi connectivity index (χ1n) is 12.2. The van der Waals surface area contributed by atoms with Gasteiger partial charge in [-0.3, -0.25) is 19.6 Å². The van der Waals surface area contributed by atoms with E-state index in [2.05, 4.69) is 45.1 Å². The third kappa shape index (κ3) is 5.95. The fraction of sp³-hybridized carbons (Fsp3) is 0.214. The molecule has 3 aromatic carbocycles. The summed E-state index contributed by atoms with van der Waals surface area (Å²) in [7, 11) is 0. The molecule has 5 rings (SSSR count). The normalized spacial score (nSPS) is 17.8. The molecule has 2 amide bonds. The van der Waals surface area contributed by atoms with Crippen molar-refractivity contribution in [2.75, 3.05) is 29.5 Å². The van der Waals surface area contributed by atoms with Gasteiger partial charge in [-0.2, -0.15) is 0 Å². The van der Waals surface area contributed by atoms with Gasteiger partial charge in [0.1, 0.15) is 11.7 Å². The zero-order chi connectivity index (χ0) is 25.9. The van der Waals surface area contributed by atoms with Crippen LogP contribution in [0.15, 0.2) is 76.7 Å². The molecule has 2 unspecified atom stereocenters. The minimum atomic E-state index is -0.351. The van der Waals surface area contributed by atoms with E-state index in [0.717, 1.165) is 35.9 Å². The molecule has 0 aromatic heterocycles. The predicted octanol–water partition coefficient (Wildman–Crippen LogP) is 3.67. The lowest BCUT2D eigenvalue weighted by molar-refractivity contribution is 0.101. The van der Waals surface area contributed by atoms with Gasteiger partial charge in [-0.05, 0) is 80.6 Å². The maximum absolute atomic E-state index is 12.8. The van der Waals surface area contributed by atoms with Crippen molar-refractivity contribution >= 4 is 53.0 Å². The van der Waals surface area contributed by atoms with Crippen LogP contribution >= 0.6 is 12.4 Å². The molecule has 2 aliphatic rings. The summed E-state index contributed by atoms with van der Waals surface area (Å²) in [5.41, 5.74) is 10.2. The zero-order valence-electron chi connectivity index (χ0n) is 21.1. The number of halogens is 1. The van der Waals surface area contributed by atoms with Gasteiger partial charge in [0.15, 0.2) is 0 Å². The number of amidine groups is 2. The van der Waals surface area contributed by atoms with Crippen LogP contribution in [0.25, 0.3) is 0 Å². The molecule has 196 valence electrons. The van der Waals surface area contributed by atoms with Crippen molar-refractivity contribution in [2.24, 2.45) is 9.98 Å². The summed E-state index contributed by atoms with van der Waals surface area (Å²) >= 11 is 0. The van der Waals surface area contributed by atoms with Crippen molar-refractivity contribution in [1.82, 2.24) is 10.6 Å². The molecule has 2 heterocycles.